The first-order valence-corrected chi connectivity index (χ1v) is 18.1. The van der Waals surface area contributed by atoms with Crippen molar-refractivity contribution in [3.05, 3.63) is 99.5 Å². The van der Waals surface area contributed by atoms with Crippen molar-refractivity contribution in [2.24, 2.45) is 0 Å². The van der Waals surface area contributed by atoms with Crippen LogP contribution in [0.25, 0.3) is 0 Å². The Hall–Kier alpha value is -3.28. The lowest BCUT2D eigenvalue weighted by Crippen LogP contribution is -2.53. The average molecular weight is 713 g/mol. The molecule has 254 valence electrons. The zero-order valence-electron chi connectivity index (χ0n) is 26.0. The Morgan fingerprint density at radius 2 is 1.66 bits per heavy atom. The molecule has 3 aromatic rings. The molecule has 1 saturated carbocycles. The molecule has 3 aromatic carbocycles. The standard InChI is InChI=1S/C34H38Cl2F3N3O4S/c1-47(45,46)42(29-15-8-12-26(21-29)34(37,38)39)19-9-16-32(43)41(23-25-17-18-27(35)22-30(25)36)31(20-24-10-4-2-5-11-24)33(44)40-28-13-6-3-7-14-28/h2,4-5,8,10-12,15,17-18,21-22,28,31H,3,6-7,9,13-14,16,19-20,23H2,1H3,(H,40,44). The molecule has 1 N–H and O–H groups in total. The van der Waals surface area contributed by atoms with Crippen LogP contribution in [0.5, 0.6) is 0 Å². The van der Waals surface area contributed by atoms with Crippen molar-refractivity contribution < 1.29 is 31.2 Å². The molecule has 2 amide bonds. The van der Waals surface area contributed by atoms with Crippen LogP contribution in [-0.4, -0.2) is 50.0 Å². The molecule has 47 heavy (non-hydrogen) atoms. The number of carbonyl (C=O) groups is 2. The van der Waals surface area contributed by atoms with E-state index in [0.717, 1.165) is 66.4 Å². The van der Waals surface area contributed by atoms with E-state index in [1.807, 2.05) is 30.3 Å². The molecule has 0 radical (unpaired) electrons. The van der Waals surface area contributed by atoms with Crippen molar-refractivity contribution >= 4 is 50.7 Å². The minimum absolute atomic E-state index is 0.0126. The molecular weight excluding hydrogens is 674 g/mol. The van der Waals surface area contributed by atoms with E-state index >= 15 is 0 Å². The average Bonchev–Trinajstić information content (AvgIpc) is 3.02. The number of hydrogen-bond donors (Lipinski definition) is 1. The van der Waals surface area contributed by atoms with Crippen molar-refractivity contribution in [3.8, 4) is 0 Å². The molecule has 0 heterocycles. The first kappa shape index (κ1) is 36.6. The second-order valence-corrected chi connectivity index (χ2v) is 14.5. The van der Waals surface area contributed by atoms with Crippen molar-refractivity contribution in [1.29, 1.82) is 0 Å². The highest BCUT2D eigenvalue weighted by Crippen LogP contribution is 2.32. The number of benzene rings is 3. The Kier molecular flexibility index (Phi) is 12.6. The Morgan fingerprint density at radius 1 is 0.957 bits per heavy atom. The molecule has 1 unspecified atom stereocenters. The summed E-state index contributed by atoms with van der Waals surface area (Å²) in [6.45, 7) is -0.271. The van der Waals surface area contributed by atoms with Crippen LogP contribution in [0.2, 0.25) is 10.0 Å². The fourth-order valence-electron chi connectivity index (χ4n) is 5.77. The van der Waals surface area contributed by atoms with E-state index in [4.69, 9.17) is 23.2 Å². The topological polar surface area (TPSA) is 86.8 Å². The lowest BCUT2D eigenvalue weighted by molar-refractivity contribution is -0.141. The van der Waals surface area contributed by atoms with Crippen molar-refractivity contribution in [1.82, 2.24) is 10.2 Å². The molecule has 1 aliphatic carbocycles. The predicted octanol–water partition coefficient (Wildman–Crippen LogP) is 7.65. The smallest absolute Gasteiger partial charge is 0.352 e. The van der Waals surface area contributed by atoms with Crippen LogP contribution < -0.4 is 9.62 Å². The van der Waals surface area contributed by atoms with E-state index in [-0.39, 0.29) is 50.0 Å². The largest absolute Gasteiger partial charge is 0.416 e. The SMILES string of the molecule is CS(=O)(=O)N(CCCC(=O)N(Cc1ccc(Cl)cc1Cl)C(Cc1ccccc1)C(=O)NC1CCCCC1)c1cccc(C(F)(F)F)c1. The predicted molar refractivity (Wildman–Crippen MR) is 179 cm³/mol. The van der Waals surface area contributed by atoms with Gasteiger partial charge in [0.2, 0.25) is 21.8 Å². The molecule has 0 aromatic heterocycles. The van der Waals surface area contributed by atoms with E-state index in [1.165, 1.54) is 11.0 Å². The van der Waals surface area contributed by atoms with Gasteiger partial charge in [-0.2, -0.15) is 13.2 Å². The van der Waals surface area contributed by atoms with Gasteiger partial charge in [-0.05, 0) is 60.7 Å². The Balaban J connectivity index is 1.62. The molecule has 4 rings (SSSR count). The van der Waals surface area contributed by atoms with Gasteiger partial charge in [0.05, 0.1) is 17.5 Å². The molecule has 1 fully saturated rings. The van der Waals surface area contributed by atoms with Crippen LogP contribution in [0.3, 0.4) is 0 Å². The fourth-order valence-corrected chi connectivity index (χ4v) is 7.20. The Labute approximate surface area is 284 Å². The maximum Gasteiger partial charge on any atom is 0.416 e. The van der Waals surface area contributed by atoms with Crippen molar-refractivity contribution in [2.75, 3.05) is 17.1 Å². The molecule has 0 spiro atoms. The quantitative estimate of drug-likeness (QED) is 0.197. The second-order valence-electron chi connectivity index (χ2n) is 11.8. The molecule has 7 nitrogen and oxygen atoms in total. The third-order valence-electron chi connectivity index (χ3n) is 8.19. The summed E-state index contributed by atoms with van der Waals surface area (Å²) in [5.74, 6) is -0.742. The number of nitrogens with zero attached hydrogens (tertiary/aromatic N) is 2. The lowest BCUT2D eigenvalue weighted by atomic mass is 9.94. The van der Waals surface area contributed by atoms with Crippen molar-refractivity contribution in [3.63, 3.8) is 0 Å². The number of sulfonamides is 1. The highest BCUT2D eigenvalue weighted by Gasteiger charge is 2.33. The molecule has 0 saturated heterocycles. The number of alkyl halides is 3. The van der Waals surface area contributed by atoms with E-state index in [1.54, 1.807) is 18.2 Å². The summed E-state index contributed by atoms with van der Waals surface area (Å²) in [5, 5.41) is 3.87. The van der Waals surface area contributed by atoms with Crippen LogP contribution in [0, 0.1) is 0 Å². The Bertz CT molecular complexity index is 1640. The summed E-state index contributed by atoms with van der Waals surface area (Å²) >= 11 is 12.6. The zero-order chi connectivity index (χ0) is 34.2. The second kappa shape index (κ2) is 16.2. The normalized spacial score (nSPS) is 14.8. The summed E-state index contributed by atoms with van der Waals surface area (Å²) in [5.41, 5.74) is 0.255. The summed E-state index contributed by atoms with van der Waals surface area (Å²) in [4.78, 5) is 29.5. The van der Waals surface area contributed by atoms with Gasteiger partial charge in [0.1, 0.15) is 6.04 Å². The van der Waals surface area contributed by atoms with Crippen LogP contribution in [0.15, 0.2) is 72.8 Å². The van der Waals surface area contributed by atoms with E-state index in [9.17, 15) is 31.2 Å². The van der Waals surface area contributed by atoms with Crippen molar-refractivity contribution in [2.45, 2.75) is 76.2 Å². The molecule has 0 aliphatic heterocycles. The van der Waals surface area contributed by atoms with Gasteiger partial charge in [0, 0.05) is 42.0 Å². The van der Waals surface area contributed by atoms with Gasteiger partial charge >= 0.3 is 6.18 Å². The number of rotatable bonds is 13. The fraction of sp³-hybridized carbons (Fsp3) is 0.412. The van der Waals surface area contributed by atoms with Gasteiger partial charge in [-0.3, -0.25) is 13.9 Å². The van der Waals surface area contributed by atoms with E-state index < -0.39 is 33.7 Å². The van der Waals surface area contributed by atoms with Crippen LogP contribution in [0.4, 0.5) is 18.9 Å². The van der Waals surface area contributed by atoms with Gasteiger partial charge in [-0.15, -0.1) is 0 Å². The Morgan fingerprint density at radius 3 is 2.30 bits per heavy atom. The number of anilines is 1. The molecule has 1 aliphatic rings. The summed E-state index contributed by atoms with van der Waals surface area (Å²) < 4.78 is 66.3. The molecule has 1 atom stereocenters. The minimum Gasteiger partial charge on any atom is -0.352 e. The number of nitrogens with one attached hydrogen (secondary N) is 1. The van der Waals surface area contributed by atoms with E-state index in [0.29, 0.717) is 15.6 Å². The number of hydrogen-bond acceptors (Lipinski definition) is 4. The molecular formula is C34H38Cl2F3N3O4S. The van der Waals surface area contributed by atoms with Gasteiger partial charge in [0.25, 0.3) is 0 Å². The highest BCUT2D eigenvalue weighted by atomic mass is 35.5. The summed E-state index contributed by atoms with van der Waals surface area (Å²) in [6.07, 6.45) is 1.04. The first-order chi connectivity index (χ1) is 22.2. The molecule has 0 bridgehead atoms. The van der Waals surface area contributed by atoms with Crippen LogP contribution >= 0.6 is 23.2 Å². The van der Waals surface area contributed by atoms with Gasteiger partial charge in [-0.1, -0.05) is 84.9 Å². The highest BCUT2D eigenvalue weighted by molar-refractivity contribution is 7.92. The number of amides is 2. The first-order valence-electron chi connectivity index (χ1n) is 15.4. The maximum absolute atomic E-state index is 14.1. The third kappa shape index (κ3) is 10.6. The monoisotopic (exact) mass is 711 g/mol. The number of carbonyl (C=O) groups excluding carboxylic acids is 2. The molecule has 13 heteroatoms. The minimum atomic E-state index is -4.66. The van der Waals surface area contributed by atoms with Gasteiger partial charge in [-0.25, -0.2) is 8.42 Å². The number of halogens is 5. The van der Waals surface area contributed by atoms with Crippen LogP contribution in [-0.2, 0) is 38.8 Å². The van der Waals surface area contributed by atoms with Crippen LogP contribution in [0.1, 0.15) is 61.6 Å². The summed E-state index contributed by atoms with van der Waals surface area (Å²) in [6, 6.07) is 17.3. The maximum atomic E-state index is 14.1. The van der Waals surface area contributed by atoms with Gasteiger partial charge in [0.15, 0.2) is 0 Å². The summed E-state index contributed by atoms with van der Waals surface area (Å²) in [7, 11) is -4.00. The zero-order valence-corrected chi connectivity index (χ0v) is 28.3. The van der Waals surface area contributed by atoms with E-state index in [2.05, 4.69) is 5.32 Å². The third-order valence-corrected chi connectivity index (χ3v) is 9.97. The van der Waals surface area contributed by atoms with Gasteiger partial charge < -0.3 is 10.2 Å². The lowest BCUT2D eigenvalue weighted by Gasteiger charge is -2.34.